The number of methoxy groups -OCH3 is 1. The van der Waals surface area contributed by atoms with Crippen LogP contribution in [0.5, 0.6) is 0 Å². The van der Waals surface area contributed by atoms with E-state index >= 15 is 0 Å². The van der Waals surface area contributed by atoms with Crippen molar-refractivity contribution in [2.75, 3.05) is 7.11 Å². The Bertz CT molecular complexity index is 358. The van der Waals surface area contributed by atoms with Gasteiger partial charge in [0.25, 0.3) is 0 Å². The number of hydrogen-bond acceptors (Lipinski definition) is 1. The fourth-order valence-corrected chi connectivity index (χ4v) is 2.26. The number of rotatable bonds is 3. The second kappa shape index (κ2) is 5.20. The van der Waals surface area contributed by atoms with Gasteiger partial charge in [0, 0.05) is 5.92 Å². The van der Waals surface area contributed by atoms with Crippen molar-refractivity contribution in [3.63, 3.8) is 0 Å². The molecule has 2 rings (SSSR count). The van der Waals surface area contributed by atoms with Crippen molar-refractivity contribution in [3.8, 4) is 0 Å². The molecule has 2 unspecified atom stereocenters. The maximum Gasteiger partial charge on any atom is 0.114 e. The average molecular weight is 216 g/mol. The van der Waals surface area contributed by atoms with Crippen molar-refractivity contribution in [1.82, 2.24) is 0 Å². The molecule has 2 aliphatic rings. The molecule has 0 spiro atoms. The quantitative estimate of drug-likeness (QED) is 0.692. The van der Waals surface area contributed by atoms with Gasteiger partial charge in [-0.15, -0.1) is 0 Å². The Hall–Kier alpha value is -1.24. The van der Waals surface area contributed by atoms with Crippen molar-refractivity contribution in [2.45, 2.75) is 26.2 Å². The van der Waals surface area contributed by atoms with Gasteiger partial charge >= 0.3 is 0 Å². The zero-order chi connectivity index (χ0) is 11.4. The van der Waals surface area contributed by atoms with Crippen LogP contribution in [0.4, 0.5) is 0 Å². The first-order valence-electron chi connectivity index (χ1n) is 6.14. The molecule has 0 saturated carbocycles. The molecule has 0 fully saturated rings. The molecule has 86 valence electrons. The lowest BCUT2D eigenvalue weighted by Gasteiger charge is -2.21. The monoisotopic (exact) mass is 216 g/mol. The number of allylic oxidation sites excluding steroid dienone is 7. The molecule has 1 nitrogen and oxygen atoms in total. The molecule has 0 amide bonds. The smallest absolute Gasteiger partial charge is 0.114 e. The zero-order valence-corrected chi connectivity index (χ0v) is 10.1. The molecule has 2 aliphatic carbocycles. The van der Waals surface area contributed by atoms with Gasteiger partial charge in [0.2, 0.25) is 0 Å². The van der Waals surface area contributed by atoms with Crippen LogP contribution in [0.1, 0.15) is 26.2 Å². The molecule has 0 aromatic heterocycles. The number of ether oxygens (including phenoxy) is 1. The van der Waals surface area contributed by atoms with Crippen molar-refractivity contribution < 1.29 is 4.74 Å². The summed E-state index contributed by atoms with van der Waals surface area (Å²) in [6, 6.07) is 0. The van der Waals surface area contributed by atoms with Crippen LogP contribution in [0.3, 0.4) is 0 Å². The van der Waals surface area contributed by atoms with Gasteiger partial charge in [-0.3, -0.25) is 0 Å². The molecule has 1 heteroatoms. The van der Waals surface area contributed by atoms with E-state index < -0.39 is 0 Å². The minimum Gasteiger partial charge on any atom is -0.497 e. The van der Waals surface area contributed by atoms with Gasteiger partial charge < -0.3 is 4.74 Å². The summed E-state index contributed by atoms with van der Waals surface area (Å²) in [5.41, 5.74) is 1.47. The largest absolute Gasteiger partial charge is 0.497 e. The van der Waals surface area contributed by atoms with E-state index in [1.807, 2.05) is 0 Å². The second-order valence-electron chi connectivity index (χ2n) is 4.48. The predicted octanol–water partition coefficient (Wildman–Crippen LogP) is 4.01. The molecule has 0 saturated heterocycles. The zero-order valence-electron chi connectivity index (χ0n) is 10.1. The van der Waals surface area contributed by atoms with Gasteiger partial charge in [-0.05, 0) is 42.9 Å². The van der Waals surface area contributed by atoms with E-state index in [1.165, 1.54) is 18.4 Å². The predicted molar refractivity (Wildman–Crippen MR) is 68.0 cm³/mol. The standard InChI is InChI=1S/C15H20O/c1-3-12-4-6-13(7-5-12)14-8-10-15(16-2)11-9-14/h4,6-8,10-12,14H,3,5,9H2,1-2H3. The Morgan fingerprint density at radius 3 is 2.56 bits per heavy atom. The first kappa shape index (κ1) is 11.3. The highest BCUT2D eigenvalue weighted by Crippen LogP contribution is 2.29. The highest BCUT2D eigenvalue weighted by atomic mass is 16.5. The second-order valence-corrected chi connectivity index (χ2v) is 4.48. The summed E-state index contributed by atoms with van der Waals surface area (Å²) < 4.78 is 5.20. The van der Waals surface area contributed by atoms with Gasteiger partial charge in [0.05, 0.1) is 7.11 Å². The topological polar surface area (TPSA) is 9.23 Å². The van der Waals surface area contributed by atoms with Crippen molar-refractivity contribution in [2.24, 2.45) is 11.8 Å². The molecule has 0 aromatic carbocycles. The Kier molecular flexibility index (Phi) is 3.66. The molecule has 0 aromatic rings. The Morgan fingerprint density at radius 1 is 1.19 bits per heavy atom. The minimum absolute atomic E-state index is 0.549. The molecule has 0 radical (unpaired) electrons. The van der Waals surface area contributed by atoms with Crippen LogP contribution in [0.15, 0.2) is 47.8 Å². The molecule has 0 heterocycles. The first-order valence-corrected chi connectivity index (χ1v) is 6.14. The molecular formula is C15H20O. The molecule has 0 bridgehead atoms. The summed E-state index contributed by atoms with van der Waals surface area (Å²) in [7, 11) is 1.72. The van der Waals surface area contributed by atoms with E-state index in [2.05, 4.69) is 43.4 Å². The molecular weight excluding hydrogens is 196 g/mol. The Labute approximate surface area is 98.2 Å². The van der Waals surface area contributed by atoms with Gasteiger partial charge in [-0.1, -0.05) is 31.2 Å². The summed E-state index contributed by atoms with van der Waals surface area (Å²) in [4.78, 5) is 0. The molecule has 0 aliphatic heterocycles. The minimum atomic E-state index is 0.549. The van der Waals surface area contributed by atoms with E-state index in [1.54, 1.807) is 7.11 Å². The average Bonchev–Trinajstić information content (AvgIpc) is 2.39. The van der Waals surface area contributed by atoms with E-state index in [9.17, 15) is 0 Å². The van der Waals surface area contributed by atoms with Gasteiger partial charge in [-0.25, -0.2) is 0 Å². The van der Waals surface area contributed by atoms with Crippen LogP contribution in [0.2, 0.25) is 0 Å². The summed E-state index contributed by atoms with van der Waals surface area (Å²) in [6.45, 7) is 2.25. The Balaban J connectivity index is 1.97. The third-order valence-electron chi connectivity index (χ3n) is 3.47. The normalized spacial score (nSPS) is 28.6. The van der Waals surface area contributed by atoms with Crippen LogP contribution in [-0.2, 0) is 4.74 Å². The van der Waals surface area contributed by atoms with Crippen LogP contribution >= 0.6 is 0 Å². The summed E-state index contributed by atoms with van der Waals surface area (Å²) in [5.74, 6) is 2.29. The third kappa shape index (κ3) is 2.46. The fraction of sp³-hybridized carbons (Fsp3) is 0.467. The third-order valence-corrected chi connectivity index (χ3v) is 3.47. The van der Waals surface area contributed by atoms with Crippen LogP contribution in [0, 0.1) is 11.8 Å². The maximum absolute atomic E-state index is 5.20. The van der Waals surface area contributed by atoms with Gasteiger partial charge in [0.1, 0.15) is 5.76 Å². The Morgan fingerprint density at radius 2 is 2.06 bits per heavy atom. The molecule has 2 atom stereocenters. The van der Waals surface area contributed by atoms with Crippen molar-refractivity contribution in [1.29, 1.82) is 0 Å². The van der Waals surface area contributed by atoms with Crippen molar-refractivity contribution >= 4 is 0 Å². The van der Waals surface area contributed by atoms with E-state index in [-0.39, 0.29) is 0 Å². The van der Waals surface area contributed by atoms with Gasteiger partial charge in [0.15, 0.2) is 0 Å². The number of hydrogen-bond donors (Lipinski definition) is 0. The van der Waals surface area contributed by atoms with Crippen LogP contribution in [-0.4, -0.2) is 7.11 Å². The van der Waals surface area contributed by atoms with E-state index in [0.717, 1.165) is 18.1 Å². The summed E-state index contributed by atoms with van der Waals surface area (Å²) in [5, 5.41) is 0. The summed E-state index contributed by atoms with van der Waals surface area (Å²) in [6.07, 6.45) is 17.1. The van der Waals surface area contributed by atoms with E-state index in [0.29, 0.717) is 5.92 Å². The fourth-order valence-electron chi connectivity index (χ4n) is 2.26. The SMILES string of the molecule is CCC1C=CC(C2C=CC(OC)=CC2)=CC1. The van der Waals surface area contributed by atoms with E-state index in [4.69, 9.17) is 4.74 Å². The maximum atomic E-state index is 5.20. The van der Waals surface area contributed by atoms with Crippen molar-refractivity contribution in [3.05, 3.63) is 47.8 Å². The highest BCUT2D eigenvalue weighted by Gasteiger charge is 2.15. The molecule has 16 heavy (non-hydrogen) atoms. The van der Waals surface area contributed by atoms with Gasteiger partial charge in [-0.2, -0.15) is 0 Å². The van der Waals surface area contributed by atoms with Crippen LogP contribution in [0.25, 0.3) is 0 Å². The molecule has 0 N–H and O–H groups in total. The lowest BCUT2D eigenvalue weighted by atomic mass is 9.85. The van der Waals surface area contributed by atoms with Crippen LogP contribution < -0.4 is 0 Å². The summed E-state index contributed by atoms with van der Waals surface area (Å²) >= 11 is 0. The lowest BCUT2D eigenvalue weighted by molar-refractivity contribution is 0.302. The lowest BCUT2D eigenvalue weighted by Crippen LogP contribution is -2.07. The first-order chi connectivity index (χ1) is 7.83. The highest BCUT2D eigenvalue weighted by molar-refractivity contribution is 5.33.